The van der Waals surface area contributed by atoms with Crippen LogP contribution in [0.15, 0.2) is 0 Å². The molecule has 0 rings (SSSR count). The zero-order valence-corrected chi connectivity index (χ0v) is 11.1. The van der Waals surface area contributed by atoms with Crippen molar-refractivity contribution in [3.8, 4) is 0 Å². The Balaban J connectivity index is 3.31. The highest BCUT2D eigenvalue weighted by Crippen LogP contribution is 2.11. The lowest BCUT2D eigenvalue weighted by Gasteiger charge is -2.09. The lowest BCUT2D eigenvalue weighted by Crippen LogP contribution is -2.14. The van der Waals surface area contributed by atoms with Crippen LogP contribution in [0.2, 0.25) is 0 Å². The molecule has 0 amide bonds. The quantitative estimate of drug-likeness (QED) is 0.478. The van der Waals surface area contributed by atoms with E-state index in [9.17, 15) is 8.42 Å². The number of hydrogen-bond donors (Lipinski definition) is 1. The van der Waals surface area contributed by atoms with E-state index in [0.29, 0.717) is 6.42 Å². The van der Waals surface area contributed by atoms with Crippen molar-refractivity contribution in [1.29, 1.82) is 0 Å². The van der Waals surface area contributed by atoms with Crippen LogP contribution in [0.5, 0.6) is 0 Å². The topological polar surface area (TPSA) is 63.6 Å². The van der Waals surface area contributed by atoms with Crippen LogP contribution in [0, 0.1) is 0 Å². The average Bonchev–Trinajstić information content (AvgIpc) is 2.13. The van der Waals surface area contributed by atoms with E-state index in [1.165, 1.54) is 32.1 Å². The summed E-state index contributed by atoms with van der Waals surface area (Å²) in [5, 5.41) is 0. The van der Waals surface area contributed by atoms with Crippen molar-refractivity contribution >= 4 is 10.4 Å². The minimum absolute atomic E-state index is 0.425. The molecule has 0 aliphatic heterocycles. The van der Waals surface area contributed by atoms with E-state index in [2.05, 4.69) is 11.1 Å². The van der Waals surface area contributed by atoms with Crippen LogP contribution in [-0.2, 0) is 14.6 Å². The Morgan fingerprint density at radius 1 is 1.06 bits per heavy atom. The summed E-state index contributed by atoms with van der Waals surface area (Å²) in [6.45, 7) is 3.85. The molecule has 1 atom stereocenters. The summed E-state index contributed by atoms with van der Waals surface area (Å²) in [6.07, 6.45) is 8.57. The molecule has 0 aliphatic carbocycles. The van der Waals surface area contributed by atoms with Crippen LogP contribution in [0.1, 0.15) is 65.2 Å². The molecular formula is C11H24O4S. The Morgan fingerprint density at radius 2 is 1.56 bits per heavy atom. The maximum Gasteiger partial charge on any atom is 0.397 e. The summed E-state index contributed by atoms with van der Waals surface area (Å²) in [6, 6.07) is 0. The Bertz CT molecular complexity index is 249. The van der Waals surface area contributed by atoms with E-state index >= 15 is 0 Å². The van der Waals surface area contributed by atoms with Gasteiger partial charge in [-0.1, -0.05) is 51.9 Å². The molecule has 4 nitrogen and oxygen atoms in total. The predicted molar refractivity (Wildman–Crippen MR) is 64.7 cm³/mol. The molecule has 0 fully saturated rings. The summed E-state index contributed by atoms with van der Waals surface area (Å²) in [5.74, 6) is 0. The lowest BCUT2D eigenvalue weighted by molar-refractivity contribution is 0.185. The normalized spacial score (nSPS) is 13.9. The van der Waals surface area contributed by atoms with Gasteiger partial charge in [-0.2, -0.15) is 8.42 Å². The van der Waals surface area contributed by atoms with E-state index in [1.54, 1.807) is 6.92 Å². The fourth-order valence-electron chi connectivity index (χ4n) is 1.64. The van der Waals surface area contributed by atoms with E-state index in [0.717, 1.165) is 12.8 Å². The Labute approximate surface area is 99.3 Å². The minimum Gasteiger partial charge on any atom is -0.264 e. The van der Waals surface area contributed by atoms with E-state index in [4.69, 9.17) is 4.55 Å². The third-order valence-corrected chi connectivity index (χ3v) is 3.07. The predicted octanol–water partition coefficient (Wildman–Crippen LogP) is 3.34. The van der Waals surface area contributed by atoms with Gasteiger partial charge in [-0.15, -0.1) is 0 Å². The van der Waals surface area contributed by atoms with Crippen LogP contribution in [0.25, 0.3) is 0 Å². The molecule has 16 heavy (non-hydrogen) atoms. The third kappa shape index (κ3) is 11.9. The van der Waals surface area contributed by atoms with Gasteiger partial charge >= 0.3 is 10.4 Å². The summed E-state index contributed by atoms with van der Waals surface area (Å²) in [7, 11) is -4.28. The van der Waals surface area contributed by atoms with Gasteiger partial charge in [0.15, 0.2) is 0 Å². The summed E-state index contributed by atoms with van der Waals surface area (Å²) < 4.78 is 33.6. The molecule has 1 unspecified atom stereocenters. The maximum absolute atomic E-state index is 10.4. The molecule has 5 heteroatoms. The Kier molecular flexibility index (Phi) is 8.89. The van der Waals surface area contributed by atoms with Crippen molar-refractivity contribution < 1.29 is 17.2 Å². The van der Waals surface area contributed by atoms with Gasteiger partial charge in [0, 0.05) is 0 Å². The van der Waals surface area contributed by atoms with E-state index < -0.39 is 16.5 Å². The lowest BCUT2D eigenvalue weighted by atomic mass is 10.1. The van der Waals surface area contributed by atoms with Crippen LogP contribution in [0.4, 0.5) is 0 Å². The van der Waals surface area contributed by atoms with Gasteiger partial charge in [0.2, 0.25) is 0 Å². The van der Waals surface area contributed by atoms with Gasteiger partial charge in [-0.25, -0.2) is 4.18 Å². The summed E-state index contributed by atoms with van der Waals surface area (Å²) >= 11 is 0. The second kappa shape index (κ2) is 8.96. The van der Waals surface area contributed by atoms with Gasteiger partial charge in [0.05, 0.1) is 6.10 Å². The Morgan fingerprint density at radius 3 is 2.06 bits per heavy atom. The molecule has 0 aromatic carbocycles. The molecule has 0 radical (unpaired) electrons. The molecule has 1 N–H and O–H groups in total. The zero-order chi connectivity index (χ0) is 12.4. The molecule has 0 saturated carbocycles. The molecular weight excluding hydrogens is 228 g/mol. The van der Waals surface area contributed by atoms with Crippen LogP contribution in [-0.4, -0.2) is 19.1 Å². The SMILES string of the molecule is CCCCCCCCCC(C)OS(=O)(=O)O. The molecule has 0 aromatic heterocycles. The minimum atomic E-state index is -4.28. The van der Waals surface area contributed by atoms with Crippen molar-refractivity contribution in [2.24, 2.45) is 0 Å². The maximum atomic E-state index is 10.4. The van der Waals surface area contributed by atoms with Gasteiger partial charge in [0.1, 0.15) is 0 Å². The van der Waals surface area contributed by atoms with Crippen molar-refractivity contribution in [2.75, 3.05) is 0 Å². The van der Waals surface area contributed by atoms with Gasteiger partial charge in [-0.05, 0) is 13.3 Å². The molecule has 0 aliphatic rings. The standard InChI is InChI=1S/C11H24O4S/c1-3-4-5-6-7-8-9-10-11(2)15-16(12,13)14/h11H,3-10H2,1-2H3,(H,12,13,14). The monoisotopic (exact) mass is 252 g/mol. The first-order valence-electron chi connectivity index (χ1n) is 6.11. The molecule has 0 aromatic rings. The van der Waals surface area contributed by atoms with E-state index in [-0.39, 0.29) is 0 Å². The highest BCUT2D eigenvalue weighted by molar-refractivity contribution is 7.80. The van der Waals surface area contributed by atoms with Crippen LogP contribution in [0.3, 0.4) is 0 Å². The number of hydrogen-bond acceptors (Lipinski definition) is 3. The van der Waals surface area contributed by atoms with Crippen molar-refractivity contribution in [3.63, 3.8) is 0 Å². The van der Waals surface area contributed by atoms with Crippen LogP contribution >= 0.6 is 0 Å². The first-order chi connectivity index (χ1) is 7.45. The molecule has 0 heterocycles. The molecule has 0 bridgehead atoms. The van der Waals surface area contributed by atoms with Crippen molar-refractivity contribution in [1.82, 2.24) is 0 Å². The molecule has 0 spiro atoms. The average molecular weight is 252 g/mol. The third-order valence-electron chi connectivity index (χ3n) is 2.50. The van der Waals surface area contributed by atoms with Gasteiger partial charge in [-0.3, -0.25) is 4.55 Å². The molecule has 0 saturated heterocycles. The van der Waals surface area contributed by atoms with Crippen LogP contribution < -0.4 is 0 Å². The largest absolute Gasteiger partial charge is 0.397 e. The van der Waals surface area contributed by atoms with Crippen molar-refractivity contribution in [2.45, 2.75) is 71.3 Å². The van der Waals surface area contributed by atoms with Gasteiger partial charge < -0.3 is 0 Å². The number of rotatable bonds is 10. The highest BCUT2D eigenvalue weighted by Gasteiger charge is 2.11. The second-order valence-electron chi connectivity index (χ2n) is 4.24. The fourth-order valence-corrected chi connectivity index (χ4v) is 2.16. The second-order valence-corrected chi connectivity index (χ2v) is 5.29. The summed E-state index contributed by atoms with van der Waals surface area (Å²) in [4.78, 5) is 0. The smallest absolute Gasteiger partial charge is 0.264 e. The first kappa shape index (κ1) is 15.9. The highest BCUT2D eigenvalue weighted by atomic mass is 32.3. The van der Waals surface area contributed by atoms with E-state index in [1.807, 2.05) is 0 Å². The van der Waals surface area contributed by atoms with Crippen molar-refractivity contribution in [3.05, 3.63) is 0 Å². The zero-order valence-electron chi connectivity index (χ0n) is 10.3. The van der Waals surface area contributed by atoms with Gasteiger partial charge in [0.25, 0.3) is 0 Å². The molecule has 98 valence electrons. The first-order valence-corrected chi connectivity index (χ1v) is 7.48. The fraction of sp³-hybridized carbons (Fsp3) is 1.00. The summed E-state index contributed by atoms with van der Waals surface area (Å²) in [5.41, 5.74) is 0. The Hall–Kier alpha value is -0.130. The number of unbranched alkanes of at least 4 members (excludes halogenated alkanes) is 6.